The standard InChI is InChI=1S/H2N3O.Na/c1-2-3-4;/h(H2-,1,2,3,4);/q-1;+1. The van der Waals surface area contributed by atoms with Gasteiger partial charge >= 0.3 is 29.6 Å². The maximum absolute atomic E-state index is 7.15. The van der Waals surface area contributed by atoms with E-state index >= 15 is 0 Å². The Kier molecular flexibility index (Phi) is 16.0. The van der Waals surface area contributed by atoms with E-state index in [2.05, 4.69) is 5.22 Å². The van der Waals surface area contributed by atoms with Crippen molar-refractivity contribution in [3.63, 3.8) is 0 Å². The van der Waals surface area contributed by atoms with E-state index in [4.69, 9.17) is 10.7 Å². The van der Waals surface area contributed by atoms with Crippen LogP contribution in [-0.2, 0) is 0 Å². The summed E-state index contributed by atoms with van der Waals surface area (Å²) in [6.45, 7) is 0. The van der Waals surface area contributed by atoms with Gasteiger partial charge in [-0.3, -0.25) is 10.8 Å². The van der Waals surface area contributed by atoms with Gasteiger partial charge in [0.1, 0.15) is 0 Å². The third-order valence-electron chi connectivity index (χ3n) is 0.0447. The van der Waals surface area contributed by atoms with Gasteiger partial charge in [-0.05, 0) is 0 Å². The Morgan fingerprint density at radius 2 is 2.00 bits per heavy atom. The van der Waals surface area contributed by atoms with Crippen LogP contribution in [0.15, 0.2) is 5.22 Å². The first-order chi connectivity index (χ1) is 1.91. The predicted molar refractivity (Wildman–Crippen MR) is 10.3 cm³/mol. The summed E-state index contributed by atoms with van der Waals surface area (Å²) < 4.78 is 0. The first-order valence-corrected chi connectivity index (χ1v) is 0.624. The quantitative estimate of drug-likeness (QED) is 0.209. The fraction of sp³-hybridized carbons (Fsp3) is 0. The number of rotatable bonds is 1. The van der Waals surface area contributed by atoms with E-state index in [0.717, 1.165) is 0 Å². The maximum atomic E-state index is 7.15. The fourth-order valence-electron chi connectivity index (χ4n) is 0. The van der Waals surface area contributed by atoms with Gasteiger partial charge in [-0.15, -0.1) is 0 Å². The molecule has 0 aromatic heterocycles. The normalized spacial score (nSPS) is 4.20. The minimum Gasteiger partial charge on any atom is -0.396 e. The third-order valence-corrected chi connectivity index (χ3v) is 0.0447. The zero-order valence-corrected chi connectivity index (χ0v) is 4.84. The van der Waals surface area contributed by atoms with Crippen molar-refractivity contribution in [3.05, 3.63) is 5.59 Å². The predicted octanol–water partition coefficient (Wildman–Crippen LogP) is -2.30. The molecule has 24 valence electrons. The summed E-state index contributed by atoms with van der Waals surface area (Å²) in [5.74, 6) is 0. The van der Waals surface area contributed by atoms with Crippen LogP contribution < -0.4 is 29.6 Å². The van der Waals surface area contributed by atoms with Gasteiger partial charge < -0.3 is 10.7 Å². The molecule has 0 saturated carbocycles. The summed E-state index contributed by atoms with van der Waals surface area (Å²) in [5, 5.41) is 9.31. The molecule has 0 aliphatic heterocycles. The van der Waals surface area contributed by atoms with Gasteiger partial charge in [0.25, 0.3) is 0 Å². The summed E-state index contributed by atoms with van der Waals surface area (Å²) in [7, 11) is 0. The molecule has 0 radical (unpaired) electrons. The molecule has 0 heterocycles. The number of hydrogen-bond acceptors (Lipinski definition) is 3. The molecule has 0 amide bonds. The van der Waals surface area contributed by atoms with Crippen LogP contribution in [-0.4, -0.2) is 5.21 Å². The van der Waals surface area contributed by atoms with Crippen molar-refractivity contribution in [2.75, 3.05) is 0 Å². The molecule has 0 fully saturated rings. The second-order valence-electron chi connectivity index (χ2n) is 0.189. The van der Waals surface area contributed by atoms with Crippen LogP contribution in [0.1, 0.15) is 0 Å². The van der Waals surface area contributed by atoms with Crippen LogP contribution in [0, 0.1) is 5.53 Å². The molecule has 0 saturated heterocycles. The van der Waals surface area contributed by atoms with Crippen LogP contribution in [0.2, 0.25) is 0 Å². The first-order valence-electron chi connectivity index (χ1n) is 0.624. The van der Waals surface area contributed by atoms with Crippen LogP contribution in [0.25, 0.3) is 5.59 Å². The molecule has 0 aromatic carbocycles. The van der Waals surface area contributed by atoms with Gasteiger partial charge in [0, 0.05) is 0 Å². The summed E-state index contributed by atoms with van der Waals surface area (Å²) in [6, 6.07) is 0. The largest absolute Gasteiger partial charge is 1.00 e. The summed E-state index contributed by atoms with van der Waals surface area (Å²) in [4.78, 5) is 0. The molecule has 0 spiro atoms. The van der Waals surface area contributed by atoms with Crippen molar-refractivity contribution in [1.82, 2.24) is 0 Å². The zero-order chi connectivity index (χ0) is 3.41. The molecule has 5 heavy (non-hydrogen) atoms. The molecule has 0 atom stereocenters. The Morgan fingerprint density at radius 3 is 2.00 bits per heavy atom. The topological polar surface area (TPSA) is 70.5 Å². The number of nitrogens with zero attached hydrogens (tertiary/aromatic N) is 2. The van der Waals surface area contributed by atoms with Gasteiger partial charge in [0.15, 0.2) is 0 Å². The second kappa shape index (κ2) is 8.84. The molecule has 0 aliphatic rings. The summed E-state index contributed by atoms with van der Waals surface area (Å²) >= 11 is 0. The smallest absolute Gasteiger partial charge is 0.396 e. The van der Waals surface area contributed by atoms with Gasteiger partial charge in [0.2, 0.25) is 0 Å². The van der Waals surface area contributed by atoms with Crippen molar-refractivity contribution >= 4 is 0 Å². The van der Waals surface area contributed by atoms with E-state index in [1.807, 2.05) is 5.59 Å². The molecule has 0 unspecified atom stereocenters. The second-order valence-corrected chi connectivity index (χ2v) is 0.189. The molecule has 0 aromatic rings. The Balaban J connectivity index is 0. The van der Waals surface area contributed by atoms with E-state index in [1.165, 1.54) is 0 Å². The van der Waals surface area contributed by atoms with Crippen LogP contribution in [0.3, 0.4) is 0 Å². The monoisotopic (exact) mass is 83.0 g/mol. The van der Waals surface area contributed by atoms with E-state index < -0.39 is 0 Å². The Bertz CT molecular complexity index is 20.9. The summed E-state index contributed by atoms with van der Waals surface area (Å²) in [5.41, 5.74) is 7.69. The maximum Gasteiger partial charge on any atom is 1.00 e. The molecule has 0 bridgehead atoms. The average Bonchev–Trinajstić information content (AvgIpc) is 1.37. The van der Waals surface area contributed by atoms with E-state index in [1.54, 1.807) is 0 Å². The molecular weight excluding hydrogens is 81.0 g/mol. The van der Waals surface area contributed by atoms with E-state index in [-0.39, 0.29) is 29.6 Å². The number of hydrogen-bond donors (Lipinski definition) is 2. The third kappa shape index (κ3) is 13.1. The first kappa shape index (κ1) is 9.03. The van der Waals surface area contributed by atoms with Gasteiger partial charge in [-0.25, -0.2) is 0 Å². The SMILES string of the molecule is N=N[N-]O.[Na+]. The molecule has 5 heteroatoms. The van der Waals surface area contributed by atoms with E-state index in [0.29, 0.717) is 0 Å². The van der Waals surface area contributed by atoms with Gasteiger partial charge in [-0.2, -0.15) is 0 Å². The minimum absolute atomic E-state index is 0. The van der Waals surface area contributed by atoms with Crippen LogP contribution >= 0.6 is 0 Å². The van der Waals surface area contributed by atoms with Crippen molar-refractivity contribution in [1.29, 1.82) is 5.53 Å². The minimum atomic E-state index is 0. The Morgan fingerprint density at radius 1 is 1.80 bits per heavy atom. The average molecular weight is 83.0 g/mol. The Labute approximate surface area is 51.3 Å². The van der Waals surface area contributed by atoms with Crippen LogP contribution in [0.5, 0.6) is 0 Å². The molecule has 4 nitrogen and oxygen atoms in total. The molecular formula is H2N3NaO. The summed E-state index contributed by atoms with van der Waals surface area (Å²) in [6.07, 6.45) is 0. The van der Waals surface area contributed by atoms with Gasteiger partial charge in [-0.1, -0.05) is 0 Å². The van der Waals surface area contributed by atoms with Gasteiger partial charge in [0.05, 0.1) is 0 Å². The van der Waals surface area contributed by atoms with Crippen molar-refractivity contribution in [2.45, 2.75) is 0 Å². The van der Waals surface area contributed by atoms with Crippen molar-refractivity contribution in [2.24, 2.45) is 5.22 Å². The van der Waals surface area contributed by atoms with Crippen molar-refractivity contribution < 1.29 is 34.8 Å². The van der Waals surface area contributed by atoms with E-state index in [9.17, 15) is 0 Å². The molecule has 0 aliphatic carbocycles. The molecule has 0 rings (SSSR count). The number of nitrogens with one attached hydrogen (secondary N) is 1. The van der Waals surface area contributed by atoms with Crippen molar-refractivity contribution in [3.8, 4) is 0 Å². The fourth-order valence-corrected chi connectivity index (χ4v) is 0. The Hall–Kier alpha value is 0.360. The zero-order valence-electron chi connectivity index (χ0n) is 2.84. The van der Waals surface area contributed by atoms with Crippen LogP contribution in [0.4, 0.5) is 0 Å². The molecule has 2 N–H and O–H groups in total.